The highest BCUT2D eigenvalue weighted by Gasteiger charge is 2.23. The quantitative estimate of drug-likeness (QED) is 0.723. The van der Waals surface area contributed by atoms with Crippen molar-refractivity contribution >= 4 is 5.91 Å². The molecular formula is C21H29N5O4. The lowest BCUT2D eigenvalue weighted by molar-refractivity contribution is -0.123. The van der Waals surface area contributed by atoms with E-state index in [1.807, 2.05) is 38.1 Å². The Kier molecular flexibility index (Phi) is 6.49. The molecule has 2 aliphatic rings. The molecule has 1 fully saturated rings. The SMILES string of the molecule is CC(C)c1noc(CN2CCN(CC(=O)NCC3COc4ccccc4O3)CC2)n1. The van der Waals surface area contributed by atoms with Crippen molar-refractivity contribution in [3.63, 3.8) is 0 Å². The second-order valence-electron chi connectivity index (χ2n) is 8.05. The zero-order valence-corrected chi connectivity index (χ0v) is 17.5. The van der Waals surface area contributed by atoms with Gasteiger partial charge in [-0.25, -0.2) is 0 Å². The Hall–Kier alpha value is -2.65. The van der Waals surface area contributed by atoms with Crippen molar-refractivity contribution in [1.29, 1.82) is 0 Å². The smallest absolute Gasteiger partial charge is 0.240 e. The second-order valence-corrected chi connectivity index (χ2v) is 8.05. The molecule has 1 atom stereocenters. The number of fused-ring (bicyclic) bond motifs is 1. The predicted molar refractivity (Wildman–Crippen MR) is 109 cm³/mol. The van der Waals surface area contributed by atoms with Gasteiger partial charge in [-0.1, -0.05) is 31.1 Å². The van der Waals surface area contributed by atoms with Crippen LogP contribution in [0.15, 0.2) is 28.8 Å². The van der Waals surface area contributed by atoms with Gasteiger partial charge in [-0.05, 0) is 12.1 Å². The summed E-state index contributed by atoms with van der Waals surface area (Å²) in [5.41, 5.74) is 0. The predicted octanol–water partition coefficient (Wildman–Crippen LogP) is 1.27. The maximum Gasteiger partial charge on any atom is 0.240 e. The maximum absolute atomic E-state index is 12.3. The normalized spacial score (nSPS) is 19.8. The Labute approximate surface area is 176 Å². The van der Waals surface area contributed by atoms with E-state index < -0.39 is 0 Å². The molecule has 3 heterocycles. The van der Waals surface area contributed by atoms with E-state index in [1.54, 1.807) is 0 Å². The van der Waals surface area contributed by atoms with E-state index in [4.69, 9.17) is 14.0 Å². The minimum atomic E-state index is -0.175. The number of hydrogen-bond acceptors (Lipinski definition) is 8. The van der Waals surface area contributed by atoms with Gasteiger partial charge in [0.15, 0.2) is 17.3 Å². The van der Waals surface area contributed by atoms with E-state index in [1.165, 1.54) is 0 Å². The molecule has 0 spiro atoms. The number of ether oxygens (including phenoxy) is 2. The molecule has 0 bridgehead atoms. The van der Waals surface area contributed by atoms with Crippen molar-refractivity contribution in [3.8, 4) is 11.5 Å². The van der Waals surface area contributed by atoms with Gasteiger partial charge in [-0.15, -0.1) is 0 Å². The molecule has 9 nitrogen and oxygen atoms in total. The van der Waals surface area contributed by atoms with E-state index in [0.29, 0.717) is 32.1 Å². The number of benzene rings is 1. The fourth-order valence-electron chi connectivity index (χ4n) is 3.51. The van der Waals surface area contributed by atoms with Gasteiger partial charge in [0, 0.05) is 32.1 Å². The first-order valence-electron chi connectivity index (χ1n) is 10.5. The molecule has 30 heavy (non-hydrogen) atoms. The van der Waals surface area contributed by atoms with Gasteiger partial charge in [0.1, 0.15) is 12.7 Å². The Morgan fingerprint density at radius 1 is 1.17 bits per heavy atom. The fraction of sp³-hybridized carbons (Fsp3) is 0.571. The molecule has 2 aliphatic heterocycles. The maximum atomic E-state index is 12.3. The van der Waals surface area contributed by atoms with Crippen molar-refractivity contribution in [2.24, 2.45) is 0 Å². The number of carbonyl (C=O) groups excluding carboxylic acids is 1. The van der Waals surface area contributed by atoms with Gasteiger partial charge in [-0.3, -0.25) is 14.6 Å². The Morgan fingerprint density at radius 3 is 2.63 bits per heavy atom. The highest BCUT2D eigenvalue weighted by Crippen LogP contribution is 2.30. The zero-order chi connectivity index (χ0) is 20.9. The largest absolute Gasteiger partial charge is 0.486 e. The first kappa shape index (κ1) is 20.6. The topological polar surface area (TPSA) is 93.0 Å². The minimum Gasteiger partial charge on any atom is -0.486 e. The van der Waals surface area contributed by atoms with Crippen LogP contribution in [-0.4, -0.2) is 77.8 Å². The summed E-state index contributed by atoms with van der Waals surface area (Å²) in [6, 6.07) is 7.58. The zero-order valence-electron chi connectivity index (χ0n) is 17.5. The van der Waals surface area contributed by atoms with Crippen molar-refractivity contribution < 1.29 is 18.8 Å². The van der Waals surface area contributed by atoms with Gasteiger partial charge in [0.25, 0.3) is 0 Å². The first-order chi connectivity index (χ1) is 14.6. The van der Waals surface area contributed by atoms with E-state index in [0.717, 1.165) is 43.5 Å². The summed E-state index contributed by atoms with van der Waals surface area (Å²) < 4.78 is 16.9. The van der Waals surface area contributed by atoms with Crippen LogP contribution in [0.1, 0.15) is 31.5 Å². The van der Waals surface area contributed by atoms with Crippen LogP contribution in [-0.2, 0) is 11.3 Å². The summed E-state index contributed by atoms with van der Waals surface area (Å²) in [5, 5.41) is 6.97. The lowest BCUT2D eigenvalue weighted by atomic mass is 10.2. The number of para-hydroxylation sites is 2. The third-order valence-corrected chi connectivity index (χ3v) is 5.29. The highest BCUT2D eigenvalue weighted by atomic mass is 16.6. The molecule has 0 saturated carbocycles. The summed E-state index contributed by atoms with van der Waals surface area (Å²) in [4.78, 5) is 21.2. The third-order valence-electron chi connectivity index (χ3n) is 5.29. The van der Waals surface area contributed by atoms with Crippen LogP contribution in [0.25, 0.3) is 0 Å². The first-order valence-corrected chi connectivity index (χ1v) is 10.5. The molecule has 1 saturated heterocycles. The number of rotatable bonds is 7. The van der Waals surface area contributed by atoms with Gasteiger partial charge in [-0.2, -0.15) is 4.98 Å². The van der Waals surface area contributed by atoms with Gasteiger partial charge in [0.05, 0.1) is 19.6 Å². The Morgan fingerprint density at radius 2 is 1.90 bits per heavy atom. The van der Waals surface area contributed by atoms with Gasteiger partial charge in [0.2, 0.25) is 11.8 Å². The van der Waals surface area contributed by atoms with E-state index in [9.17, 15) is 4.79 Å². The number of hydrogen-bond donors (Lipinski definition) is 1. The van der Waals surface area contributed by atoms with Crippen molar-refractivity contribution in [2.75, 3.05) is 45.9 Å². The van der Waals surface area contributed by atoms with E-state index in [2.05, 4.69) is 25.3 Å². The number of piperazine rings is 1. The molecule has 1 aromatic heterocycles. The molecule has 1 amide bonds. The average Bonchev–Trinajstić information content (AvgIpc) is 3.22. The second kappa shape index (κ2) is 9.44. The Balaban J connectivity index is 1.15. The lowest BCUT2D eigenvalue weighted by Gasteiger charge is -2.33. The van der Waals surface area contributed by atoms with Crippen molar-refractivity contribution in [1.82, 2.24) is 25.3 Å². The molecular weight excluding hydrogens is 386 g/mol. The number of aromatic nitrogens is 2. The lowest BCUT2D eigenvalue weighted by Crippen LogP contribution is -2.50. The summed E-state index contributed by atoms with van der Waals surface area (Å²) in [6.45, 7) is 9.38. The standard InChI is InChI=1S/C21H29N5O4/c1-15(2)21-23-20(30-24-21)13-26-9-7-25(8-10-26)12-19(27)22-11-16-14-28-17-5-3-4-6-18(17)29-16/h3-6,15-16H,7-14H2,1-2H3,(H,22,27). The van der Waals surface area contributed by atoms with Crippen LogP contribution in [0.5, 0.6) is 11.5 Å². The number of nitrogens with one attached hydrogen (secondary N) is 1. The fourth-order valence-corrected chi connectivity index (χ4v) is 3.51. The van der Waals surface area contributed by atoms with Crippen LogP contribution in [0.3, 0.4) is 0 Å². The molecule has 9 heteroatoms. The monoisotopic (exact) mass is 415 g/mol. The van der Waals surface area contributed by atoms with Crippen molar-refractivity contribution in [2.45, 2.75) is 32.4 Å². The molecule has 162 valence electrons. The van der Waals surface area contributed by atoms with Crippen LogP contribution in [0.4, 0.5) is 0 Å². The molecule has 4 rings (SSSR count). The Bertz CT molecular complexity index is 847. The number of nitrogens with zero attached hydrogens (tertiary/aromatic N) is 4. The van der Waals surface area contributed by atoms with Crippen LogP contribution in [0.2, 0.25) is 0 Å². The molecule has 0 aliphatic carbocycles. The molecule has 1 aromatic carbocycles. The van der Waals surface area contributed by atoms with E-state index in [-0.39, 0.29) is 17.9 Å². The summed E-state index contributed by atoms with van der Waals surface area (Å²) in [5.74, 6) is 3.14. The van der Waals surface area contributed by atoms with Crippen LogP contribution in [0, 0.1) is 0 Å². The molecule has 0 radical (unpaired) electrons. The summed E-state index contributed by atoms with van der Waals surface area (Å²) >= 11 is 0. The van der Waals surface area contributed by atoms with Crippen LogP contribution < -0.4 is 14.8 Å². The minimum absolute atomic E-state index is 0.00406. The number of amides is 1. The molecule has 1 unspecified atom stereocenters. The third kappa shape index (κ3) is 5.28. The van der Waals surface area contributed by atoms with Crippen molar-refractivity contribution in [3.05, 3.63) is 36.0 Å². The van der Waals surface area contributed by atoms with Crippen LogP contribution >= 0.6 is 0 Å². The highest BCUT2D eigenvalue weighted by molar-refractivity contribution is 5.78. The van der Waals surface area contributed by atoms with E-state index >= 15 is 0 Å². The average molecular weight is 415 g/mol. The van der Waals surface area contributed by atoms with Gasteiger partial charge < -0.3 is 19.3 Å². The summed E-state index contributed by atoms with van der Waals surface area (Å²) in [7, 11) is 0. The summed E-state index contributed by atoms with van der Waals surface area (Å²) in [6.07, 6.45) is -0.175. The van der Waals surface area contributed by atoms with Gasteiger partial charge >= 0.3 is 0 Å². The molecule has 1 N–H and O–H groups in total. The molecule has 2 aromatic rings. The number of carbonyl (C=O) groups is 1.